The average Bonchev–Trinajstić information content (AvgIpc) is 2.43. The van der Waals surface area contributed by atoms with Crippen LogP contribution in [0, 0.1) is 11.8 Å². The van der Waals surface area contributed by atoms with Crippen molar-refractivity contribution in [2.45, 2.75) is 78.4 Å². The molecule has 0 fully saturated rings. The number of rotatable bonds is 12. The highest BCUT2D eigenvalue weighted by Crippen LogP contribution is 2.23. The van der Waals surface area contributed by atoms with Crippen molar-refractivity contribution in [3.63, 3.8) is 0 Å². The zero-order valence-corrected chi connectivity index (χ0v) is 16.0. The highest BCUT2D eigenvalue weighted by molar-refractivity contribution is 5.75. The van der Waals surface area contributed by atoms with Crippen LogP contribution in [-0.2, 0) is 4.79 Å². The Labute approximate surface area is 147 Å². The fourth-order valence-electron chi connectivity index (χ4n) is 2.67. The Morgan fingerprint density at radius 2 is 1.83 bits per heavy atom. The van der Waals surface area contributed by atoms with E-state index in [1.165, 1.54) is 0 Å². The second-order valence-corrected chi connectivity index (χ2v) is 7.48. The van der Waals surface area contributed by atoms with Gasteiger partial charge in [-0.05, 0) is 51.9 Å². The molecule has 0 unspecified atom stereocenters. The first-order valence-corrected chi connectivity index (χ1v) is 8.94. The highest BCUT2D eigenvalue weighted by atomic mass is 16.3. The van der Waals surface area contributed by atoms with Crippen LogP contribution in [0.2, 0.25) is 0 Å². The van der Waals surface area contributed by atoms with Crippen molar-refractivity contribution in [2.24, 2.45) is 11.8 Å². The summed E-state index contributed by atoms with van der Waals surface area (Å²) in [6.07, 6.45) is 7.71. The minimum atomic E-state index is -1.10. The van der Waals surface area contributed by atoms with Crippen LogP contribution < -0.4 is 0 Å². The summed E-state index contributed by atoms with van der Waals surface area (Å²) in [5, 5.41) is 29.4. The van der Waals surface area contributed by atoms with Crippen molar-refractivity contribution in [1.82, 2.24) is 0 Å². The van der Waals surface area contributed by atoms with Crippen LogP contribution in [-0.4, -0.2) is 39.4 Å². The lowest BCUT2D eigenvalue weighted by Gasteiger charge is -2.24. The molecule has 0 saturated carbocycles. The minimum absolute atomic E-state index is 0.137. The van der Waals surface area contributed by atoms with Crippen LogP contribution in [0.15, 0.2) is 23.8 Å². The van der Waals surface area contributed by atoms with Crippen LogP contribution in [0.1, 0.15) is 66.7 Å². The molecule has 0 aliphatic heterocycles. The Morgan fingerprint density at radius 1 is 1.21 bits per heavy atom. The number of hydrogen-bond acceptors (Lipinski definition) is 4. The van der Waals surface area contributed by atoms with E-state index in [0.717, 1.165) is 18.4 Å². The Bertz CT molecular complexity index is 421. The lowest BCUT2D eigenvalue weighted by atomic mass is 9.87. The van der Waals surface area contributed by atoms with Crippen molar-refractivity contribution < 1.29 is 20.1 Å². The van der Waals surface area contributed by atoms with Gasteiger partial charge in [0.1, 0.15) is 5.78 Å². The maximum Gasteiger partial charge on any atom is 0.129 e. The lowest BCUT2D eigenvalue weighted by molar-refractivity contribution is -0.117. The molecule has 0 radical (unpaired) electrons. The number of carbonyl (C=O) groups is 1. The second kappa shape index (κ2) is 11.6. The summed E-state index contributed by atoms with van der Waals surface area (Å²) in [5.74, 6) is 0.806. The standard InChI is InChI=1S/C20H36O4/c1-15(2)18(9-8-17(4)22)10-11-20(5,24)14-19(23)13-16(3)7-6-12-21/h10-11,13,15,18-19,21,23-24H,6-9,12,14H2,1-5H3/b11-10+,16-13+/t18-,19+,20+/m1/s1. The zero-order valence-electron chi connectivity index (χ0n) is 16.0. The molecule has 0 spiro atoms. The number of hydrogen-bond donors (Lipinski definition) is 3. The fourth-order valence-corrected chi connectivity index (χ4v) is 2.67. The van der Waals surface area contributed by atoms with Crippen LogP contribution in [0.25, 0.3) is 0 Å². The van der Waals surface area contributed by atoms with Gasteiger partial charge in [-0.2, -0.15) is 0 Å². The van der Waals surface area contributed by atoms with E-state index in [2.05, 4.69) is 13.8 Å². The molecular weight excluding hydrogens is 304 g/mol. The molecule has 24 heavy (non-hydrogen) atoms. The largest absolute Gasteiger partial charge is 0.396 e. The van der Waals surface area contributed by atoms with E-state index in [1.807, 2.05) is 13.0 Å². The Kier molecular flexibility index (Phi) is 11.1. The Morgan fingerprint density at radius 3 is 2.33 bits per heavy atom. The molecular formula is C20H36O4. The quantitative estimate of drug-likeness (QED) is 0.476. The van der Waals surface area contributed by atoms with Crippen molar-refractivity contribution in [1.29, 1.82) is 0 Å². The van der Waals surface area contributed by atoms with Gasteiger partial charge in [0.2, 0.25) is 0 Å². The molecule has 4 heteroatoms. The van der Waals surface area contributed by atoms with Crippen molar-refractivity contribution in [3.05, 3.63) is 23.8 Å². The third kappa shape index (κ3) is 11.5. The second-order valence-electron chi connectivity index (χ2n) is 7.48. The van der Waals surface area contributed by atoms with Gasteiger partial charge in [0, 0.05) is 19.4 Å². The molecule has 3 N–H and O–H groups in total. The smallest absolute Gasteiger partial charge is 0.129 e. The molecule has 140 valence electrons. The lowest BCUT2D eigenvalue weighted by Crippen LogP contribution is -2.27. The van der Waals surface area contributed by atoms with Gasteiger partial charge in [0.25, 0.3) is 0 Å². The molecule has 0 aromatic rings. The first kappa shape index (κ1) is 23.0. The minimum Gasteiger partial charge on any atom is -0.396 e. The number of carbonyl (C=O) groups excluding carboxylic acids is 1. The van der Waals surface area contributed by atoms with Crippen LogP contribution in [0.3, 0.4) is 0 Å². The summed E-state index contributed by atoms with van der Waals surface area (Å²) in [4.78, 5) is 11.2. The third-order valence-electron chi connectivity index (χ3n) is 4.22. The first-order valence-electron chi connectivity index (χ1n) is 8.94. The Hall–Kier alpha value is -0.970. The molecule has 0 aromatic carbocycles. The molecule has 0 aliphatic rings. The van der Waals surface area contributed by atoms with E-state index in [4.69, 9.17) is 5.11 Å². The summed E-state index contributed by atoms with van der Waals surface area (Å²) in [5.41, 5.74) is -0.0888. The molecule has 0 saturated heterocycles. The van der Waals surface area contributed by atoms with E-state index in [0.29, 0.717) is 18.8 Å². The summed E-state index contributed by atoms with van der Waals surface area (Å²) >= 11 is 0. The average molecular weight is 341 g/mol. The summed E-state index contributed by atoms with van der Waals surface area (Å²) in [6, 6.07) is 0. The van der Waals surface area contributed by atoms with Crippen molar-refractivity contribution >= 4 is 5.78 Å². The molecule has 0 heterocycles. The number of ketones is 1. The summed E-state index contributed by atoms with van der Waals surface area (Å²) in [6.45, 7) is 9.54. The van der Waals surface area contributed by atoms with Gasteiger partial charge in [-0.1, -0.05) is 37.6 Å². The molecule has 0 amide bonds. The van der Waals surface area contributed by atoms with Crippen LogP contribution >= 0.6 is 0 Å². The van der Waals surface area contributed by atoms with Gasteiger partial charge < -0.3 is 20.1 Å². The van der Waals surface area contributed by atoms with Gasteiger partial charge in [0.15, 0.2) is 0 Å². The molecule has 3 atom stereocenters. The zero-order chi connectivity index (χ0) is 18.8. The molecule has 0 aromatic heterocycles. The molecule has 0 rings (SSSR count). The molecule has 0 aliphatic carbocycles. The maximum atomic E-state index is 11.2. The summed E-state index contributed by atoms with van der Waals surface area (Å²) in [7, 11) is 0. The molecule has 4 nitrogen and oxygen atoms in total. The van der Waals surface area contributed by atoms with E-state index in [9.17, 15) is 15.0 Å². The number of aliphatic hydroxyl groups excluding tert-OH is 2. The first-order chi connectivity index (χ1) is 11.1. The molecule has 0 bridgehead atoms. The third-order valence-corrected chi connectivity index (χ3v) is 4.22. The van der Waals surface area contributed by atoms with E-state index < -0.39 is 11.7 Å². The van der Waals surface area contributed by atoms with Crippen molar-refractivity contribution in [2.75, 3.05) is 6.61 Å². The normalized spacial score (nSPS) is 18.0. The fraction of sp³-hybridized carbons (Fsp3) is 0.750. The van der Waals surface area contributed by atoms with Crippen LogP contribution in [0.4, 0.5) is 0 Å². The predicted molar refractivity (Wildman–Crippen MR) is 98.7 cm³/mol. The van der Waals surface area contributed by atoms with Crippen molar-refractivity contribution in [3.8, 4) is 0 Å². The van der Waals surface area contributed by atoms with E-state index in [1.54, 1.807) is 26.0 Å². The Balaban J connectivity index is 4.70. The number of aliphatic hydroxyl groups is 3. The summed E-state index contributed by atoms with van der Waals surface area (Å²) < 4.78 is 0. The monoisotopic (exact) mass is 340 g/mol. The van der Waals surface area contributed by atoms with Gasteiger partial charge in [-0.3, -0.25) is 0 Å². The van der Waals surface area contributed by atoms with E-state index in [-0.39, 0.29) is 24.7 Å². The highest BCUT2D eigenvalue weighted by Gasteiger charge is 2.21. The van der Waals surface area contributed by atoms with Crippen LogP contribution in [0.5, 0.6) is 0 Å². The topological polar surface area (TPSA) is 77.8 Å². The van der Waals surface area contributed by atoms with Gasteiger partial charge in [0.05, 0.1) is 11.7 Å². The number of allylic oxidation sites excluding steroid dienone is 2. The van der Waals surface area contributed by atoms with E-state index >= 15 is 0 Å². The maximum absolute atomic E-state index is 11.2. The number of Topliss-reactive ketones (excluding diaryl/α,β-unsaturated/α-hetero) is 1. The van der Waals surface area contributed by atoms with Gasteiger partial charge in [-0.25, -0.2) is 0 Å². The predicted octanol–water partition coefficient (Wildman–Crippen LogP) is 3.40. The van der Waals surface area contributed by atoms with Gasteiger partial charge >= 0.3 is 0 Å². The van der Waals surface area contributed by atoms with Gasteiger partial charge in [-0.15, -0.1) is 0 Å². The SMILES string of the molecule is CC(=O)CC[C@H](/C=C/[C@](C)(O)C[C@@H](O)/C=C(\C)CCCO)C(C)C.